The van der Waals surface area contributed by atoms with E-state index in [2.05, 4.69) is 4.72 Å². The molecule has 0 fully saturated rings. The number of rotatable bonds is 7. The second-order valence-corrected chi connectivity index (χ2v) is 8.86. The average molecular weight is 424 g/mol. The molecular formula is C20H22ClNO5S. The zero-order chi connectivity index (χ0) is 20.3. The lowest BCUT2D eigenvalue weighted by molar-refractivity contribution is -0.153. The van der Waals surface area contributed by atoms with Gasteiger partial charge >= 0.3 is 5.97 Å². The third-order valence-corrected chi connectivity index (χ3v) is 6.53. The van der Waals surface area contributed by atoms with E-state index in [4.69, 9.17) is 16.3 Å². The van der Waals surface area contributed by atoms with Gasteiger partial charge in [0, 0.05) is 11.6 Å². The van der Waals surface area contributed by atoms with Gasteiger partial charge in [0.15, 0.2) is 6.10 Å². The second kappa shape index (κ2) is 8.61. The highest BCUT2D eigenvalue weighted by Crippen LogP contribution is 2.34. The van der Waals surface area contributed by atoms with Gasteiger partial charge in [0.2, 0.25) is 10.0 Å². The normalized spacial score (nSPS) is 17.2. The Morgan fingerprint density at radius 2 is 2.00 bits per heavy atom. The molecule has 3 rings (SSSR count). The SMILES string of the molecule is CCOC(=O)C(O)c1ccc2c(c1)CCC2CNS(=O)(=O)c1ccc(Cl)cc1. The fourth-order valence-electron chi connectivity index (χ4n) is 3.37. The summed E-state index contributed by atoms with van der Waals surface area (Å²) in [6.07, 6.45) is 0.233. The van der Waals surface area contributed by atoms with E-state index in [9.17, 15) is 18.3 Å². The summed E-state index contributed by atoms with van der Waals surface area (Å²) in [5.74, 6) is -0.640. The molecule has 150 valence electrons. The van der Waals surface area contributed by atoms with E-state index in [1.54, 1.807) is 19.1 Å². The van der Waals surface area contributed by atoms with Crippen LogP contribution in [0.4, 0.5) is 0 Å². The first-order valence-electron chi connectivity index (χ1n) is 9.04. The summed E-state index contributed by atoms with van der Waals surface area (Å²) >= 11 is 5.81. The van der Waals surface area contributed by atoms with Crippen molar-refractivity contribution in [3.05, 3.63) is 64.2 Å². The van der Waals surface area contributed by atoms with Crippen molar-refractivity contribution in [2.75, 3.05) is 13.2 Å². The van der Waals surface area contributed by atoms with Crippen LogP contribution in [-0.4, -0.2) is 32.6 Å². The fraction of sp³-hybridized carbons (Fsp3) is 0.350. The van der Waals surface area contributed by atoms with Crippen molar-refractivity contribution in [2.24, 2.45) is 0 Å². The van der Waals surface area contributed by atoms with Crippen LogP contribution in [0.25, 0.3) is 0 Å². The lowest BCUT2D eigenvalue weighted by Gasteiger charge is -2.15. The summed E-state index contributed by atoms with van der Waals surface area (Å²) < 4.78 is 32.4. The topological polar surface area (TPSA) is 92.7 Å². The summed E-state index contributed by atoms with van der Waals surface area (Å²) in [6.45, 7) is 2.16. The number of hydrogen-bond acceptors (Lipinski definition) is 5. The van der Waals surface area contributed by atoms with Gasteiger partial charge in [-0.15, -0.1) is 0 Å². The molecule has 2 unspecified atom stereocenters. The zero-order valence-electron chi connectivity index (χ0n) is 15.4. The molecule has 1 aliphatic carbocycles. The maximum absolute atomic E-state index is 12.5. The minimum atomic E-state index is -3.62. The van der Waals surface area contributed by atoms with Crippen molar-refractivity contribution < 1.29 is 23.1 Å². The fourth-order valence-corrected chi connectivity index (χ4v) is 4.58. The molecule has 8 heteroatoms. The van der Waals surface area contributed by atoms with Crippen LogP contribution in [0.15, 0.2) is 47.4 Å². The molecule has 0 heterocycles. The molecule has 0 aliphatic heterocycles. The lowest BCUT2D eigenvalue weighted by atomic mass is 9.98. The molecule has 0 spiro atoms. The Labute approximate surface area is 169 Å². The van der Waals surface area contributed by atoms with Crippen LogP contribution in [0, 0.1) is 0 Å². The maximum atomic E-state index is 12.5. The van der Waals surface area contributed by atoms with Gasteiger partial charge in [0.1, 0.15) is 0 Å². The molecule has 28 heavy (non-hydrogen) atoms. The first-order valence-corrected chi connectivity index (χ1v) is 10.9. The van der Waals surface area contributed by atoms with Crippen LogP contribution >= 0.6 is 11.6 Å². The van der Waals surface area contributed by atoms with Crippen molar-refractivity contribution in [1.82, 2.24) is 4.72 Å². The van der Waals surface area contributed by atoms with Gasteiger partial charge in [0.05, 0.1) is 11.5 Å². The van der Waals surface area contributed by atoms with E-state index >= 15 is 0 Å². The first kappa shape index (κ1) is 20.8. The van der Waals surface area contributed by atoms with Crippen LogP contribution in [0.2, 0.25) is 5.02 Å². The number of fused-ring (bicyclic) bond motifs is 1. The highest BCUT2D eigenvalue weighted by molar-refractivity contribution is 7.89. The third-order valence-electron chi connectivity index (χ3n) is 4.84. The molecule has 0 bridgehead atoms. The molecule has 2 aromatic carbocycles. The minimum absolute atomic E-state index is 0.0332. The Hall–Kier alpha value is -1.93. The monoisotopic (exact) mass is 423 g/mol. The lowest BCUT2D eigenvalue weighted by Crippen LogP contribution is -2.28. The van der Waals surface area contributed by atoms with Crippen LogP contribution in [-0.2, 0) is 26.0 Å². The third kappa shape index (κ3) is 4.55. The molecule has 2 atom stereocenters. The van der Waals surface area contributed by atoms with Gasteiger partial charge in [-0.3, -0.25) is 0 Å². The van der Waals surface area contributed by atoms with Gasteiger partial charge in [-0.1, -0.05) is 29.8 Å². The molecule has 2 aromatic rings. The standard InChI is InChI=1S/C20H22ClNO5S/c1-2-27-20(24)19(23)14-5-10-18-13(11-14)3-4-15(18)12-22-28(25,26)17-8-6-16(21)7-9-17/h5-11,15,19,22-23H,2-4,12H2,1H3. The van der Waals surface area contributed by atoms with Crippen molar-refractivity contribution in [3.8, 4) is 0 Å². The van der Waals surface area contributed by atoms with Gasteiger partial charge < -0.3 is 9.84 Å². The van der Waals surface area contributed by atoms with Crippen molar-refractivity contribution >= 4 is 27.6 Å². The van der Waals surface area contributed by atoms with Gasteiger partial charge in [0.25, 0.3) is 0 Å². The molecule has 0 saturated heterocycles. The number of hydrogen-bond donors (Lipinski definition) is 2. The number of carbonyl (C=O) groups excluding carboxylic acids is 1. The van der Waals surface area contributed by atoms with Crippen LogP contribution in [0.1, 0.15) is 42.1 Å². The Kier molecular flexibility index (Phi) is 6.40. The van der Waals surface area contributed by atoms with Crippen LogP contribution < -0.4 is 4.72 Å². The van der Waals surface area contributed by atoms with E-state index in [0.717, 1.165) is 24.0 Å². The second-order valence-electron chi connectivity index (χ2n) is 6.65. The van der Waals surface area contributed by atoms with E-state index in [0.29, 0.717) is 10.6 Å². The van der Waals surface area contributed by atoms with Crippen molar-refractivity contribution in [2.45, 2.75) is 36.7 Å². The van der Waals surface area contributed by atoms with Crippen LogP contribution in [0.3, 0.4) is 0 Å². The van der Waals surface area contributed by atoms with Crippen LogP contribution in [0.5, 0.6) is 0 Å². The van der Waals surface area contributed by atoms with E-state index in [1.807, 2.05) is 6.07 Å². The number of aryl methyl sites for hydroxylation is 1. The van der Waals surface area contributed by atoms with E-state index < -0.39 is 22.1 Å². The molecular weight excluding hydrogens is 402 g/mol. The highest BCUT2D eigenvalue weighted by Gasteiger charge is 2.27. The van der Waals surface area contributed by atoms with Gasteiger partial charge in [-0.2, -0.15) is 0 Å². The molecule has 0 amide bonds. The number of nitrogens with one attached hydrogen (secondary N) is 1. The Bertz CT molecular complexity index is 959. The summed E-state index contributed by atoms with van der Waals surface area (Å²) in [5.41, 5.74) is 2.52. The number of halogens is 1. The Morgan fingerprint density at radius 1 is 1.29 bits per heavy atom. The predicted molar refractivity (Wildman–Crippen MR) is 106 cm³/mol. The first-order chi connectivity index (χ1) is 13.3. The Morgan fingerprint density at radius 3 is 2.68 bits per heavy atom. The predicted octanol–water partition coefficient (Wildman–Crippen LogP) is 2.94. The molecule has 1 aliphatic rings. The maximum Gasteiger partial charge on any atom is 0.339 e. The van der Waals surface area contributed by atoms with Crippen molar-refractivity contribution in [3.63, 3.8) is 0 Å². The van der Waals surface area contributed by atoms with E-state index in [1.165, 1.54) is 24.3 Å². The largest absolute Gasteiger partial charge is 0.464 e. The van der Waals surface area contributed by atoms with Crippen molar-refractivity contribution in [1.29, 1.82) is 0 Å². The quantitative estimate of drug-likeness (QED) is 0.668. The zero-order valence-corrected chi connectivity index (χ0v) is 17.0. The Balaban J connectivity index is 1.69. The molecule has 0 radical (unpaired) electrons. The smallest absolute Gasteiger partial charge is 0.339 e. The number of ether oxygens (including phenoxy) is 1. The summed E-state index contributed by atoms with van der Waals surface area (Å²) in [4.78, 5) is 11.9. The summed E-state index contributed by atoms with van der Waals surface area (Å²) in [7, 11) is -3.62. The summed E-state index contributed by atoms with van der Waals surface area (Å²) in [6, 6.07) is 11.3. The molecule has 6 nitrogen and oxygen atoms in total. The number of benzene rings is 2. The van der Waals surface area contributed by atoms with Gasteiger partial charge in [-0.05, 0) is 66.6 Å². The summed E-state index contributed by atoms with van der Waals surface area (Å²) in [5, 5.41) is 10.6. The number of aliphatic hydroxyl groups is 1. The minimum Gasteiger partial charge on any atom is -0.464 e. The average Bonchev–Trinajstić information content (AvgIpc) is 3.08. The highest BCUT2D eigenvalue weighted by atomic mass is 35.5. The molecule has 0 saturated carbocycles. The molecule has 0 aromatic heterocycles. The number of esters is 1. The number of sulfonamides is 1. The number of carbonyl (C=O) groups is 1. The molecule has 2 N–H and O–H groups in total. The number of aliphatic hydroxyl groups excluding tert-OH is 1. The van der Waals surface area contributed by atoms with E-state index in [-0.39, 0.29) is 24.0 Å². The van der Waals surface area contributed by atoms with Gasteiger partial charge in [-0.25, -0.2) is 17.9 Å².